The molecule has 0 saturated heterocycles. The molecule has 2 aromatic heterocycles. The molecule has 6 heteroatoms. The van der Waals surface area contributed by atoms with Crippen LogP contribution in [-0.2, 0) is 7.05 Å². The second-order valence-corrected chi connectivity index (χ2v) is 5.08. The van der Waals surface area contributed by atoms with E-state index in [2.05, 4.69) is 31.0 Å². The first kappa shape index (κ1) is 12.8. The number of hydrogen-bond donors (Lipinski definition) is 1. The van der Waals surface area contributed by atoms with Crippen molar-refractivity contribution in [1.82, 2.24) is 19.7 Å². The van der Waals surface area contributed by atoms with Gasteiger partial charge in [0.1, 0.15) is 10.2 Å². The molecule has 3 rings (SSSR count). The molecule has 2 heterocycles. The highest BCUT2D eigenvalue weighted by atomic mass is 79.9. The van der Waals surface area contributed by atoms with Crippen LogP contribution in [0.3, 0.4) is 0 Å². The van der Waals surface area contributed by atoms with E-state index < -0.39 is 0 Å². The quantitative estimate of drug-likeness (QED) is 0.785. The number of rotatable bonds is 2. The molecule has 0 amide bonds. The van der Waals surface area contributed by atoms with Crippen LogP contribution in [0.15, 0.2) is 51.9 Å². The number of H-pyrrole nitrogens is 1. The Morgan fingerprint density at radius 1 is 1.20 bits per heavy atom. The van der Waals surface area contributed by atoms with Gasteiger partial charge in [-0.2, -0.15) is 5.10 Å². The predicted molar refractivity (Wildman–Crippen MR) is 80.2 cm³/mol. The molecule has 0 spiro atoms. The molecule has 0 aliphatic rings. The van der Waals surface area contributed by atoms with E-state index >= 15 is 0 Å². The smallest absolute Gasteiger partial charge is 0.266 e. The van der Waals surface area contributed by atoms with Gasteiger partial charge in [-0.05, 0) is 22.0 Å². The number of aryl methyl sites for hydroxylation is 1. The maximum Gasteiger partial charge on any atom is 0.266 e. The number of aromatic nitrogens is 4. The summed E-state index contributed by atoms with van der Waals surface area (Å²) >= 11 is 3.30. The first-order valence-electron chi connectivity index (χ1n) is 6.00. The summed E-state index contributed by atoms with van der Waals surface area (Å²) in [7, 11) is 1.81. The Morgan fingerprint density at radius 3 is 2.60 bits per heavy atom. The van der Waals surface area contributed by atoms with E-state index in [0.29, 0.717) is 16.0 Å². The number of nitrogens with one attached hydrogen (secondary N) is 1. The minimum Gasteiger partial charge on any atom is -0.304 e. The molecule has 0 aliphatic heterocycles. The molecule has 0 saturated carbocycles. The Balaban J connectivity index is 2.24. The number of halogens is 1. The second kappa shape index (κ2) is 5.05. The van der Waals surface area contributed by atoms with Gasteiger partial charge in [-0.1, -0.05) is 30.3 Å². The first-order valence-corrected chi connectivity index (χ1v) is 6.80. The average Bonchev–Trinajstić information content (AvgIpc) is 2.89. The molecule has 100 valence electrons. The van der Waals surface area contributed by atoms with Crippen LogP contribution in [0.2, 0.25) is 0 Å². The van der Waals surface area contributed by atoms with E-state index in [-0.39, 0.29) is 5.56 Å². The highest BCUT2D eigenvalue weighted by Gasteiger charge is 2.13. The van der Waals surface area contributed by atoms with Crippen molar-refractivity contribution in [3.05, 3.63) is 57.4 Å². The SMILES string of the molecule is Cn1nccc1-c1nc(-c2ccccc2)c(Br)c(=O)[nH]1. The summed E-state index contributed by atoms with van der Waals surface area (Å²) in [5.74, 6) is 0.497. The maximum atomic E-state index is 12.1. The van der Waals surface area contributed by atoms with Crippen molar-refractivity contribution in [2.75, 3.05) is 0 Å². The van der Waals surface area contributed by atoms with Crippen molar-refractivity contribution in [2.45, 2.75) is 0 Å². The van der Waals surface area contributed by atoms with Gasteiger partial charge < -0.3 is 4.98 Å². The third kappa shape index (κ3) is 2.18. The van der Waals surface area contributed by atoms with Crippen LogP contribution in [0.4, 0.5) is 0 Å². The van der Waals surface area contributed by atoms with Gasteiger partial charge >= 0.3 is 0 Å². The zero-order valence-corrected chi connectivity index (χ0v) is 12.3. The molecule has 1 N–H and O–H groups in total. The van der Waals surface area contributed by atoms with Gasteiger partial charge in [0.15, 0.2) is 5.82 Å². The van der Waals surface area contributed by atoms with E-state index in [1.165, 1.54) is 0 Å². The molecule has 0 atom stereocenters. The van der Waals surface area contributed by atoms with Crippen molar-refractivity contribution >= 4 is 15.9 Å². The number of benzene rings is 1. The molecular weight excluding hydrogens is 320 g/mol. The van der Waals surface area contributed by atoms with Gasteiger partial charge in [-0.15, -0.1) is 0 Å². The molecule has 20 heavy (non-hydrogen) atoms. The van der Waals surface area contributed by atoms with Crippen molar-refractivity contribution in [3.63, 3.8) is 0 Å². The lowest BCUT2D eigenvalue weighted by molar-refractivity contribution is 0.769. The molecular formula is C14H11BrN4O. The van der Waals surface area contributed by atoms with Gasteiger partial charge in [0.05, 0.1) is 5.69 Å². The molecule has 3 aromatic rings. The molecule has 0 bridgehead atoms. The summed E-state index contributed by atoms with van der Waals surface area (Å²) in [4.78, 5) is 19.4. The van der Waals surface area contributed by atoms with Crippen LogP contribution < -0.4 is 5.56 Å². The van der Waals surface area contributed by atoms with Crippen LogP contribution in [0.1, 0.15) is 0 Å². The van der Waals surface area contributed by atoms with Gasteiger partial charge in [0, 0.05) is 18.8 Å². The Kier molecular flexibility index (Phi) is 3.23. The summed E-state index contributed by atoms with van der Waals surface area (Å²) in [5.41, 5.74) is 2.04. The van der Waals surface area contributed by atoms with E-state index in [0.717, 1.165) is 11.3 Å². The fraction of sp³-hybridized carbons (Fsp3) is 0.0714. The lowest BCUT2D eigenvalue weighted by atomic mass is 10.1. The Hall–Kier alpha value is -2.21. The van der Waals surface area contributed by atoms with Crippen molar-refractivity contribution in [3.8, 4) is 22.8 Å². The molecule has 0 aliphatic carbocycles. The predicted octanol–water partition coefficient (Wildman–Crippen LogP) is 2.60. The van der Waals surface area contributed by atoms with Crippen LogP contribution in [-0.4, -0.2) is 19.7 Å². The Bertz CT molecular complexity index is 808. The van der Waals surface area contributed by atoms with Crippen molar-refractivity contribution in [2.24, 2.45) is 7.05 Å². The highest BCUT2D eigenvalue weighted by Crippen LogP contribution is 2.25. The average molecular weight is 331 g/mol. The van der Waals surface area contributed by atoms with Gasteiger partial charge in [0.2, 0.25) is 0 Å². The molecule has 0 unspecified atom stereocenters. The van der Waals surface area contributed by atoms with E-state index in [4.69, 9.17) is 0 Å². The van der Waals surface area contributed by atoms with Gasteiger partial charge in [0.25, 0.3) is 5.56 Å². The number of nitrogens with zero attached hydrogens (tertiary/aromatic N) is 3. The third-order valence-electron chi connectivity index (χ3n) is 2.97. The zero-order valence-electron chi connectivity index (χ0n) is 10.7. The number of hydrogen-bond acceptors (Lipinski definition) is 3. The summed E-state index contributed by atoms with van der Waals surface area (Å²) in [6.07, 6.45) is 1.67. The van der Waals surface area contributed by atoms with Crippen LogP contribution in [0, 0.1) is 0 Å². The fourth-order valence-corrected chi connectivity index (χ4v) is 2.39. The molecule has 1 aromatic carbocycles. The van der Waals surface area contributed by atoms with E-state index in [1.54, 1.807) is 24.0 Å². The topological polar surface area (TPSA) is 63.6 Å². The van der Waals surface area contributed by atoms with Crippen LogP contribution in [0.25, 0.3) is 22.8 Å². The van der Waals surface area contributed by atoms with E-state index in [1.807, 2.05) is 30.3 Å². The maximum absolute atomic E-state index is 12.1. The normalized spacial score (nSPS) is 10.7. The second-order valence-electron chi connectivity index (χ2n) is 4.28. The summed E-state index contributed by atoms with van der Waals surface area (Å²) < 4.78 is 2.09. The van der Waals surface area contributed by atoms with Crippen molar-refractivity contribution < 1.29 is 0 Å². The molecule has 0 radical (unpaired) electrons. The first-order chi connectivity index (χ1) is 9.66. The van der Waals surface area contributed by atoms with Gasteiger partial charge in [-0.25, -0.2) is 4.98 Å². The molecule has 0 fully saturated rings. The third-order valence-corrected chi connectivity index (χ3v) is 3.71. The Labute approximate surface area is 123 Å². The zero-order chi connectivity index (χ0) is 14.1. The van der Waals surface area contributed by atoms with Crippen molar-refractivity contribution in [1.29, 1.82) is 0 Å². The highest BCUT2D eigenvalue weighted by molar-refractivity contribution is 9.10. The largest absolute Gasteiger partial charge is 0.304 e. The monoisotopic (exact) mass is 330 g/mol. The summed E-state index contributed by atoms with van der Waals surface area (Å²) in [6, 6.07) is 11.4. The summed E-state index contributed by atoms with van der Waals surface area (Å²) in [5, 5.41) is 4.09. The lowest BCUT2D eigenvalue weighted by Gasteiger charge is -2.07. The minimum absolute atomic E-state index is 0.213. The van der Waals surface area contributed by atoms with E-state index in [9.17, 15) is 4.79 Å². The van der Waals surface area contributed by atoms with Crippen LogP contribution in [0.5, 0.6) is 0 Å². The Morgan fingerprint density at radius 2 is 1.95 bits per heavy atom. The van der Waals surface area contributed by atoms with Gasteiger partial charge in [-0.3, -0.25) is 9.48 Å². The number of aromatic amines is 1. The lowest BCUT2D eigenvalue weighted by Crippen LogP contribution is -2.13. The standard InChI is InChI=1S/C14H11BrN4O/c1-19-10(7-8-16-19)13-17-12(11(15)14(20)18-13)9-5-3-2-4-6-9/h2-8H,1H3,(H,17,18,20). The minimum atomic E-state index is -0.213. The molecule has 5 nitrogen and oxygen atoms in total. The van der Waals surface area contributed by atoms with Crippen LogP contribution >= 0.6 is 15.9 Å². The fourth-order valence-electron chi connectivity index (χ4n) is 1.97. The summed E-state index contributed by atoms with van der Waals surface area (Å²) in [6.45, 7) is 0.